The van der Waals surface area contributed by atoms with Gasteiger partial charge in [-0.25, -0.2) is 4.79 Å². The molecule has 1 amide bonds. The molecule has 0 saturated carbocycles. The second-order valence-electron chi connectivity index (χ2n) is 7.63. The Morgan fingerprint density at radius 2 is 1.40 bits per heavy atom. The Labute approximate surface area is 216 Å². The van der Waals surface area contributed by atoms with E-state index in [0.29, 0.717) is 11.5 Å². The lowest BCUT2D eigenvalue weighted by molar-refractivity contribution is -0.282. The smallest absolute Gasteiger partial charge is 0.411 e. The zero-order valence-corrected chi connectivity index (χ0v) is 22.3. The van der Waals surface area contributed by atoms with Crippen molar-refractivity contribution < 1.29 is 28.8 Å². The van der Waals surface area contributed by atoms with Gasteiger partial charge in [-0.3, -0.25) is 4.90 Å². The SMILES string of the molecule is COC(OC)C(CN(C(=O)O)C(OC)(OC)C(CN)SCc1ccccc1)SCc1ccccc1. The molecule has 0 aromatic heterocycles. The van der Waals surface area contributed by atoms with Gasteiger partial charge < -0.3 is 29.8 Å². The van der Waals surface area contributed by atoms with Gasteiger partial charge in [0.15, 0.2) is 6.29 Å². The highest BCUT2D eigenvalue weighted by molar-refractivity contribution is 7.99. The average molecular weight is 525 g/mol. The third-order valence-electron chi connectivity index (χ3n) is 5.54. The van der Waals surface area contributed by atoms with Crippen LogP contribution >= 0.6 is 23.5 Å². The summed E-state index contributed by atoms with van der Waals surface area (Å²) < 4.78 is 22.6. The third kappa shape index (κ3) is 8.11. The molecule has 0 heterocycles. The molecule has 8 nitrogen and oxygen atoms in total. The number of carbonyl (C=O) groups is 1. The summed E-state index contributed by atoms with van der Waals surface area (Å²) in [5, 5.41) is 9.41. The molecule has 2 unspecified atom stereocenters. The summed E-state index contributed by atoms with van der Waals surface area (Å²) in [6, 6.07) is 19.8. The van der Waals surface area contributed by atoms with Crippen molar-refractivity contribution in [1.29, 1.82) is 0 Å². The summed E-state index contributed by atoms with van der Waals surface area (Å²) >= 11 is 3.02. The molecule has 0 aliphatic carbocycles. The number of nitrogens with zero attached hydrogens (tertiary/aromatic N) is 1. The van der Waals surface area contributed by atoms with Crippen LogP contribution in [0.2, 0.25) is 0 Å². The molecular weight excluding hydrogens is 488 g/mol. The number of benzene rings is 2. The van der Waals surface area contributed by atoms with E-state index in [1.54, 1.807) is 11.8 Å². The van der Waals surface area contributed by atoms with Gasteiger partial charge in [0, 0.05) is 53.0 Å². The summed E-state index contributed by atoms with van der Waals surface area (Å²) in [6.07, 6.45) is -1.84. The van der Waals surface area contributed by atoms with Gasteiger partial charge in [0.2, 0.25) is 0 Å². The average Bonchev–Trinajstić information content (AvgIpc) is 2.90. The molecule has 0 aliphatic heterocycles. The molecule has 0 aliphatic rings. The van der Waals surface area contributed by atoms with Crippen LogP contribution in [0.15, 0.2) is 60.7 Å². The van der Waals surface area contributed by atoms with Crippen molar-refractivity contribution in [2.75, 3.05) is 41.5 Å². The normalized spacial score (nSPS) is 13.5. The van der Waals surface area contributed by atoms with Crippen LogP contribution < -0.4 is 5.73 Å². The molecule has 194 valence electrons. The van der Waals surface area contributed by atoms with Gasteiger partial charge in [-0.2, -0.15) is 0 Å². The Balaban J connectivity index is 2.31. The first-order valence-electron chi connectivity index (χ1n) is 11.1. The predicted molar refractivity (Wildman–Crippen MR) is 141 cm³/mol. The maximum absolute atomic E-state index is 12.6. The van der Waals surface area contributed by atoms with E-state index in [9.17, 15) is 9.90 Å². The number of nitrogens with two attached hydrogens (primary N) is 1. The minimum absolute atomic E-state index is 0.0310. The maximum atomic E-state index is 12.6. The monoisotopic (exact) mass is 524 g/mol. The molecule has 0 fully saturated rings. The number of rotatable bonds is 16. The van der Waals surface area contributed by atoms with Crippen molar-refractivity contribution in [1.82, 2.24) is 4.90 Å². The van der Waals surface area contributed by atoms with Crippen molar-refractivity contribution in [3.63, 3.8) is 0 Å². The minimum Gasteiger partial charge on any atom is -0.465 e. The van der Waals surface area contributed by atoms with Crippen LogP contribution in [-0.4, -0.2) is 80.3 Å². The van der Waals surface area contributed by atoms with Crippen molar-refractivity contribution in [2.24, 2.45) is 5.73 Å². The molecule has 0 spiro atoms. The molecule has 0 saturated heterocycles. The molecular formula is C25H36N2O6S2. The van der Waals surface area contributed by atoms with Crippen LogP contribution in [0.1, 0.15) is 11.1 Å². The van der Waals surface area contributed by atoms with Crippen LogP contribution in [0.25, 0.3) is 0 Å². The molecule has 2 aromatic rings. The summed E-state index contributed by atoms with van der Waals surface area (Å²) in [5.41, 5.74) is 8.34. The fourth-order valence-electron chi connectivity index (χ4n) is 3.75. The lowest BCUT2D eigenvalue weighted by Crippen LogP contribution is -2.64. The van der Waals surface area contributed by atoms with Crippen LogP contribution in [0.5, 0.6) is 0 Å². The van der Waals surface area contributed by atoms with E-state index < -0.39 is 23.5 Å². The molecule has 2 rings (SSSR count). The maximum Gasteiger partial charge on any atom is 0.411 e. The Hall–Kier alpha value is -1.79. The van der Waals surface area contributed by atoms with Gasteiger partial charge in [0.25, 0.3) is 5.91 Å². The van der Waals surface area contributed by atoms with E-state index in [-0.39, 0.29) is 18.3 Å². The molecule has 3 N–H and O–H groups in total. The minimum atomic E-state index is -1.61. The number of carboxylic acid groups (broad SMARTS) is 1. The number of methoxy groups -OCH3 is 4. The van der Waals surface area contributed by atoms with Crippen LogP contribution in [0.4, 0.5) is 4.79 Å². The van der Waals surface area contributed by atoms with Gasteiger partial charge in [0.1, 0.15) is 0 Å². The van der Waals surface area contributed by atoms with E-state index >= 15 is 0 Å². The Kier molecular flexibility index (Phi) is 12.9. The molecule has 10 heteroatoms. The Morgan fingerprint density at radius 1 is 0.914 bits per heavy atom. The molecule has 2 atom stereocenters. The second kappa shape index (κ2) is 15.4. The van der Waals surface area contributed by atoms with Gasteiger partial charge in [-0.1, -0.05) is 60.7 Å². The number of hydrogen-bond donors (Lipinski definition) is 2. The molecule has 0 radical (unpaired) electrons. The fraction of sp³-hybridized carbons (Fsp3) is 0.480. The first-order valence-corrected chi connectivity index (χ1v) is 13.2. The van der Waals surface area contributed by atoms with E-state index in [2.05, 4.69) is 0 Å². The first-order chi connectivity index (χ1) is 16.9. The van der Waals surface area contributed by atoms with Crippen molar-refractivity contribution in [3.05, 3.63) is 71.8 Å². The summed E-state index contributed by atoms with van der Waals surface area (Å²) in [5.74, 6) is -0.342. The standard InChI is InChI=1S/C25H36N2O6S2/c1-30-23(31-2)21(34-17-19-11-7-5-8-12-19)16-27(24(28)29)25(32-3,33-4)22(15-26)35-18-20-13-9-6-10-14-20/h5-14,21-23H,15-18,26H2,1-4H3,(H,28,29). The molecule has 35 heavy (non-hydrogen) atoms. The van der Waals surface area contributed by atoms with Crippen LogP contribution in [0.3, 0.4) is 0 Å². The Morgan fingerprint density at radius 3 is 1.80 bits per heavy atom. The van der Waals surface area contributed by atoms with Crippen LogP contribution in [-0.2, 0) is 30.5 Å². The summed E-state index contributed by atoms with van der Waals surface area (Å²) in [7, 11) is 5.93. The van der Waals surface area contributed by atoms with Gasteiger partial charge in [0.05, 0.1) is 10.5 Å². The lowest BCUT2D eigenvalue weighted by atomic mass is 10.2. The highest BCUT2D eigenvalue weighted by atomic mass is 32.2. The van der Waals surface area contributed by atoms with E-state index in [1.807, 2.05) is 60.7 Å². The highest BCUT2D eigenvalue weighted by Gasteiger charge is 2.49. The van der Waals surface area contributed by atoms with Crippen LogP contribution in [0, 0.1) is 0 Å². The molecule has 2 aromatic carbocycles. The molecule has 0 bridgehead atoms. The third-order valence-corrected chi connectivity index (χ3v) is 8.24. The summed E-state index contributed by atoms with van der Waals surface area (Å²) in [4.78, 5) is 13.8. The van der Waals surface area contributed by atoms with E-state index in [1.165, 1.54) is 40.2 Å². The van der Waals surface area contributed by atoms with Crippen molar-refractivity contribution in [3.8, 4) is 0 Å². The largest absolute Gasteiger partial charge is 0.465 e. The van der Waals surface area contributed by atoms with E-state index in [0.717, 1.165) is 16.0 Å². The van der Waals surface area contributed by atoms with E-state index in [4.69, 9.17) is 24.7 Å². The first kappa shape index (κ1) is 29.4. The zero-order chi connectivity index (χ0) is 25.7. The fourth-order valence-corrected chi connectivity index (χ4v) is 6.23. The lowest BCUT2D eigenvalue weighted by Gasteiger charge is -2.45. The second-order valence-corrected chi connectivity index (χ2v) is 10.0. The number of amides is 1. The predicted octanol–water partition coefficient (Wildman–Crippen LogP) is 4.09. The highest BCUT2D eigenvalue weighted by Crippen LogP contribution is 2.35. The summed E-state index contributed by atoms with van der Waals surface area (Å²) in [6.45, 7) is 0.173. The van der Waals surface area contributed by atoms with Crippen molar-refractivity contribution in [2.45, 2.75) is 34.2 Å². The van der Waals surface area contributed by atoms with Gasteiger partial charge in [-0.05, 0) is 11.1 Å². The topological polar surface area (TPSA) is 103 Å². The Bertz CT molecular complexity index is 854. The number of ether oxygens (including phenoxy) is 4. The van der Waals surface area contributed by atoms with Crippen molar-refractivity contribution >= 4 is 29.6 Å². The van der Waals surface area contributed by atoms with Gasteiger partial charge >= 0.3 is 6.09 Å². The van der Waals surface area contributed by atoms with Gasteiger partial charge in [-0.15, -0.1) is 23.5 Å². The zero-order valence-electron chi connectivity index (χ0n) is 20.7. The number of thioether (sulfide) groups is 2. The quantitative estimate of drug-likeness (QED) is 0.314. The number of hydrogen-bond acceptors (Lipinski definition) is 8.